The first kappa shape index (κ1) is 80.8. The van der Waals surface area contributed by atoms with Gasteiger partial charge in [0, 0.05) is 61.4 Å². The number of aliphatic hydroxyl groups is 4. The Morgan fingerprint density at radius 1 is 0.573 bits per heavy atom. The molecule has 16 atom stereocenters. The van der Waals surface area contributed by atoms with Crippen molar-refractivity contribution in [1.29, 1.82) is 0 Å². The molecular weight excluding hydrogens is 1460 g/mol. The van der Waals surface area contributed by atoms with Crippen LogP contribution in [0.5, 0.6) is 0 Å². The average Bonchev–Trinajstić information content (AvgIpc) is 1.62. The van der Waals surface area contributed by atoms with Gasteiger partial charge in [-0.15, -0.1) is 0 Å². The Kier molecular flexibility index (Phi) is 28.2. The number of anilines is 2. The molecule has 4 aromatic rings. The number of nitrogen functional groups attached to an aromatic ring is 2. The molecular formula is C42H64N14O32P6S2-6. The maximum Gasteiger partial charge on any atom is 0.274 e. The van der Waals surface area contributed by atoms with Gasteiger partial charge in [-0.05, 0) is 0 Å². The third-order valence-electron chi connectivity index (χ3n) is 13.2. The Bertz CT molecular complexity index is 3450. The van der Waals surface area contributed by atoms with Crippen molar-refractivity contribution in [2.24, 2.45) is 10.8 Å². The summed E-state index contributed by atoms with van der Waals surface area (Å²) in [5, 5.41) is 52.9. The second-order valence-corrected chi connectivity index (χ2v) is 32.6. The van der Waals surface area contributed by atoms with E-state index in [1.165, 1.54) is 21.6 Å². The first-order chi connectivity index (χ1) is 44.4. The standard InChI is InChI=1S/C42H70N14O32P6S2/c1-41(2,15-81-93(75,76)87-91(71,72)79-13-21-29(85-89(65,66)67)27(59)39(83-21)55-19-53-25-33(43)49-17-51-35(25)55)31(61)37(63)47-7-5-23(57)45-9-11-95-96-12-10-46-24(58)6-8-48-38(64)32(62)42(3,4)16-82-94(77,78)88-92(73,74)80-14-22-30(86-90(68,69)70)28(60)40(84-22)56-20-54-26-34(44)50-18-52-36(26)56/h17-22,27-32,39-40,59-62H,5-16H2,1-4H3,(H,45,57)(H,46,58)(H,47,63)(H,48,64)(H,71,72)(H,73,74)(H,75,76)(H,77,78)(H2,43,49,51)(H2,44,50,52)(H2,65,66,67)(H2,68,69,70)/p-6. The first-order valence-electron chi connectivity index (χ1n) is 27.3. The first-order valence-corrected chi connectivity index (χ1v) is 38.6. The lowest BCUT2D eigenvalue weighted by molar-refractivity contribution is -0.250. The molecule has 14 N–H and O–H groups in total. The molecule has 16 unspecified atom stereocenters. The smallest absolute Gasteiger partial charge is 0.274 e. The summed E-state index contributed by atoms with van der Waals surface area (Å²) in [5.74, 6) is -2.66. The summed E-state index contributed by atoms with van der Waals surface area (Å²) < 4.78 is 122. The number of phosphoric ester groups is 6. The summed E-state index contributed by atoms with van der Waals surface area (Å²) in [5.41, 5.74) is 7.94. The van der Waals surface area contributed by atoms with Crippen LogP contribution in [0.4, 0.5) is 11.6 Å². The number of ether oxygens (including phenoxy) is 2. The summed E-state index contributed by atoms with van der Waals surface area (Å²) >= 11 is 0. The lowest BCUT2D eigenvalue weighted by atomic mass is 9.87. The largest absolute Gasteiger partial charge is 0.756 e. The highest BCUT2D eigenvalue weighted by atomic mass is 33.1. The third kappa shape index (κ3) is 23.7. The minimum atomic E-state index is -5.98. The zero-order valence-electron chi connectivity index (χ0n) is 50.1. The number of carbonyl (C=O) groups is 4. The number of fused-ring (bicyclic) bond motifs is 2. The number of imidazole rings is 2. The minimum absolute atomic E-state index is 0.0206. The van der Waals surface area contributed by atoms with Gasteiger partial charge in [0.25, 0.3) is 46.9 Å². The van der Waals surface area contributed by atoms with Gasteiger partial charge < -0.3 is 129 Å². The molecule has 0 spiro atoms. The number of aromatic nitrogens is 8. The van der Waals surface area contributed by atoms with E-state index in [-0.39, 0.29) is 73.0 Å². The maximum atomic E-state index is 12.7. The Morgan fingerprint density at radius 2 is 0.917 bits per heavy atom. The lowest BCUT2D eigenvalue weighted by Crippen LogP contribution is -2.46. The molecule has 0 saturated carbocycles. The van der Waals surface area contributed by atoms with Gasteiger partial charge in [0.05, 0.1) is 39.1 Å². The summed E-state index contributed by atoms with van der Waals surface area (Å²) in [6.45, 7) is -0.393. The van der Waals surface area contributed by atoms with Gasteiger partial charge in [0.1, 0.15) is 72.5 Å². The highest BCUT2D eigenvalue weighted by molar-refractivity contribution is 8.76. The predicted molar refractivity (Wildman–Crippen MR) is 311 cm³/mol. The molecule has 0 radical (unpaired) electrons. The Hall–Kier alpha value is -4.22. The van der Waals surface area contributed by atoms with Gasteiger partial charge in [-0.25, -0.2) is 38.5 Å². The van der Waals surface area contributed by atoms with E-state index in [2.05, 4.69) is 86.9 Å². The summed E-state index contributed by atoms with van der Waals surface area (Å²) in [7, 11) is -32.5. The van der Waals surface area contributed by atoms with Gasteiger partial charge >= 0.3 is 0 Å². The van der Waals surface area contributed by atoms with Crippen LogP contribution in [0.15, 0.2) is 25.3 Å². The molecule has 96 heavy (non-hydrogen) atoms. The monoisotopic (exact) mass is 1530 g/mol. The van der Waals surface area contributed by atoms with Crippen LogP contribution < -0.4 is 62.1 Å². The molecule has 54 heteroatoms. The van der Waals surface area contributed by atoms with Gasteiger partial charge in [0.2, 0.25) is 23.6 Å². The van der Waals surface area contributed by atoms with Crippen molar-refractivity contribution in [3.8, 4) is 0 Å². The fourth-order valence-electron chi connectivity index (χ4n) is 8.43. The van der Waals surface area contributed by atoms with Crippen molar-refractivity contribution in [1.82, 2.24) is 60.3 Å². The molecule has 6 rings (SSSR count). The number of nitrogens with two attached hydrogens (primary N) is 2. The minimum Gasteiger partial charge on any atom is -0.756 e. The van der Waals surface area contributed by atoms with Crippen LogP contribution in [-0.4, -0.2) is 206 Å². The SMILES string of the molecule is CC(C)(COP(=O)([O-])OP(=O)([O-])OCC1OC(n2cnc3c(N)ncnc32)C(O)C1OP(=O)([O-])O)C(O)C(=O)NCCC(=O)NCCSSCCNC(=O)CCNC(=O)C(O)C(C)(C)COP(=O)([O-])OP(=O)([O-])OCC1OC(n2cnc3c(N)ncnc32)C(O)C1OP(=O)([O-])O. The quantitative estimate of drug-likeness (QED) is 0.0112. The van der Waals surface area contributed by atoms with E-state index in [0.717, 1.165) is 62.1 Å². The molecule has 2 aliphatic rings. The van der Waals surface area contributed by atoms with Crippen molar-refractivity contribution in [2.75, 3.05) is 75.6 Å². The molecule has 4 amide bonds. The van der Waals surface area contributed by atoms with E-state index < -0.39 is 169 Å². The number of aliphatic hydroxyl groups excluding tert-OH is 4. The highest BCUT2D eigenvalue weighted by Gasteiger charge is 2.50. The third-order valence-corrected chi connectivity index (χ3v) is 21.7. The second-order valence-electron chi connectivity index (χ2n) is 21.7. The number of nitrogens with zero attached hydrogens (tertiary/aromatic N) is 8. The second kappa shape index (κ2) is 33.5. The van der Waals surface area contributed by atoms with Crippen LogP contribution in [0.25, 0.3) is 22.3 Å². The van der Waals surface area contributed by atoms with E-state index >= 15 is 0 Å². The van der Waals surface area contributed by atoms with E-state index in [9.17, 15) is 106 Å². The van der Waals surface area contributed by atoms with Crippen LogP contribution in [0.2, 0.25) is 0 Å². The van der Waals surface area contributed by atoms with Crippen LogP contribution in [0.1, 0.15) is 53.0 Å². The number of rotatable bonds is 39. The zero-order chi connectivity index (χ0) is 71.6. The highest BCUT2D eigenvalue weighted by Crippen LogP contribution is 2.58. The molecule has 0 bridgehead atoms. The van der Waals surface area contributed by atoms with Crippen molar-refractivity contribution in [3.63, 3.8) is 0 Å². The molecule has 0 aliphatic carbocycles. The number of phosphoric acid groups is 6. The molecule has 542 valence electrons. The Balaban J connectivity index is 0.798. The van der Waals surface area contributed by atoms with Crippen LogP contribution in [0, 0.1) is 10.8 Å². The average molecular weight is 1530 g/mol. The van der Waals surface area contributed by atoms with E-state index in [4.69, 9.17) is 20.9 Å². The number of hydrogen-bond acceptors (Lipinski definition) is 40. The molecule has 2 saturated heterocycles. The molecule has 2 fully saturated rings. The summed E-state index contributed by atoms with van der Waals surface area (Å²) in [6, 6.07) is 0. The maximum absolute atomic E-state index is 12.7. The van der Waals surface area contributed by atoms with Gasteiger partial charge in [-0.1, -0.05) is 49.3 Å². The number of carbonyl (C=O) groups excluding carboxylic acids is 4. The van der Waals surface area contributed by atoms with E-state index in [1.807, 2.05) is 0 Å². The summed E-state index contributed by atoms with van der Waals surface area (Å²) in [4.78, 5) is 166. The molecule has 6 heterocycles. The lowest BCUT2D eigenvalue weighted by Gasteiger charge is -2.35. The molecule has 4 aromatic heterocycles. The van der Waals surface area contributed by atoms with E-state index in [0.29, 0.717) is 11.5 Å². The van der Waals surface area contributed by atoms with Crippen molar-refractivity contribution in [3.05, 3.63) is 25.3 Å². The fourth-order valence-corrected chi connectivity index (χ4v) is 15.7. The van der Waals surface area contributed by atoms with Crippen molar-refractivity contribution in [2.45, 2.75) is 102 Å². The zero-order valence-corrected chi connectivity index (χ0v) is 57.1. The topological polar surface area (TPSA) is 710 Å². The van der Waals surface area contributed by atoms with Gasteiger partial charge in [-0.2, -0.15) is 0 Å². The van der Waals surface area contributed by atoms with Gasteiger partial charge in [-0.3, -0.25) is 55.7 Å². The Morgan fingerprint density at radius 3 is 1.26 bits per heavy atom. The molecule has 0 aromatic carbocycles. The normalized spacial score (nSPS) is 24.5. The van der Waals surface area contributed by atoms with Gasteiger partial charge in [0.15, 0.2) is 35.4 Å². The van der Waals surface area contributed by atoms with Crippen LogP contribution >= 0.6 is 68.5 Å². The van der Waals surface area contributed by atoms with Crippen LogP contribution in [0.3, 0.4) is 0 Å². The number of amides is 4. The predicted octanol–water partition coefficient (Wildman–Crippen LogP) is -6.59. The molecule has 2 aliphatic heterocycles. The van der Waals surface area contributed by atoms with Crippen molar-refractivity contribution >= 4 is 126 Å². The Labute approximate surface area is 549 Å². The summed E-state index contributed by atoms with van der Waals surface area (Å²) in [6.07, 6.45) is -15.6. The number of nitrogens with one attached hydrogen (secondary N) is 4. The van der Waals surface area contributed by atoms with Crippen molar-refractivity contribution < 1.29 is 151 Å². The van der Waals surface area contributed by atoms with Crippen LogP contribution in [-0.2, 0) is 91.8 Å². The number of hydrogen-bond donors (Lipinski definition) is 12. The molecule has 46 nitrogen and oxygen atoms in total. The van der Waals surface area contributed by atoms with E-state index in [1.54, 1.807) is 0 Å². The fraction of sp³-hybridized carbons (Fsp3) is 0.667.